The maximum absolute atomic E-state index is 12.0. The van der Waals surface area contributed by atoms with Gasteiger partial charge in [-0.3, -0.25) is 4.79 Å². The molecule has 2 rings (SSSR count). The zero-order valence-corrected chi connectivity index (χ0v) is 14.1. The van der Waals surface area contributed by atoms with Crippen molar-refractivity contribution in [3.05, 3.63) is 34.3 Å². The van der Waals surface area contributed by atoms with Gasteiger partial charge in [0.2, 0.25) is 5.91 Å². The summed E-state index contributed by atoms with van der Waals surface area (Å²) < 4.78 is 1.08. The van der Waals surface area contributed by atoms with Crippen molar-refractivity contribution in [2.75, 3.05) is 19.6 Å². The Kier molecular flexibility index (Phi) is 7.56. The van der Waals surface area contributed by atoms with Crippen LogP contribution in [0.5, 0.6) is 0 Å². The summed E-state index contributed by atoms with van der Waals surface area (Å²) in [5, 5.41) is 6.28. The summed E-state index contributed by atoms with van der Waals surface area (Å²) in [7, 11) is 0. The number of benzene rings is 1. The molecule has 0 spiro atoms. The lowest BCUT2D eigenvalue weighted by atomic mass is 10.1. The van der Waals surface area contributed by atoms with Crippen LogP contribution < -0.4 is 10.6 Å². The van der Waals surface area contributed by atoms with Gasteiger partial charge in [0.1, 0.15) is 0 Å². The Morgan fingerprint density at radius 2 is 2.15 bits per heavy atom. The van der Waals surface area contributed by atoms with E-state index in [2.05, 4.69) is 45.6 Å². The summed E-state index contributed by atoms with van der Waals surface area (Å²) in [6.45, 7) is 4.73. The minimum atomic E-state index is 0. The van der Waals surface area contributed by atoms with E-state index in [0.717, 1.165) is 36.9 Å². The molecule has 1 aliphatic rings. The van der Waals surface area contributed by atoms with Gasteiger partial charge < -0.3 is 10.6 Å². The molecule has 0 aliphatic heterocycles. The monoisotopic (exact) mass is 360 g/mol. The van der Waals surface area contributed by atoms with Crippen molar-refractivity contribution in [2.24, 2.45) is 5.92 Å². The molecule has 112 valence electrons. The average molecular weight is 362 g/mol. The van der Waals surface area contributed by atoms with Crippen molar-refractivity contribution in [2.45, 2.75) is 25.7 Å². The number of carbonyl (C=O) groups is 1. The van der Waals surface area contributed by atoms with Crippen molar-refractivity contribution in [1.29, 1.82) is 0 Å². The Morgan fingerprint density at radius 3 is 2.85 bits per heavy atom. The molecule has 5 heteroatoms. The maximum atomic E-state index is 12.0. The first-order chi connectivity index (χ1) is 9.22. The van der Waals surface area contributed by atoms with Gasteiger partial charge in [-0.2, -0.15) is 0 Å². The largest absolute Gasteiger partial charge is 0.355 e. The van der Waals surface area contributed by atoms with Crippen LogP contribution in [-0.4, -0.2) is 25.5 Å². The first kappa shape index (κ1) is 17.5. The van der Waals surface area contributed by atoms with E-state index in [9.17, 15) is 4.79 Å². The highest BCUT2D eigenvalue weighted by molar-refractivity contribution is 9.10. The van der Waals surface area contributed by atoms with E-state index < -0.39 is 0 Å². The molecule has 0 heterocycles. The molecule has 1 fully saturated rings. The van der Waals surface area contributed by atoms with Crippen molar-refractivity contribution in [3.8, 4) is 0 Å². The molecule has 1 aromatic carbocycles. The van der Waals surface area contributed by atoms with E-state index in [1.165, 1.54) is 5.56 Å². The SMILES string of the molecule is CCCNCCNC(=O)C1CC1c1cccc(Br)c1.Cl. The van der Waals surface area contributed by atoms with Crippen molar-refractivity contribution < 1.29 is 4.79 Å². The standard InChI is InChI=1S/C15H21BrN2O.ClH/c1-2-6-17-7-8-18-15(19)14-10-13(14)11-4-3-5-12(16)9-11;/h3-5,9,13-14,17H,2,6-8,10H2,1H3,(H,18,19);1H. The van der Waals surface area contributed by atoms with Crippen LogP contribution in [0.25, 0.3) is 0 Å². The second kappa shape index (κ2) is 8.65. The topological polar surface area (TPSA) is 41.1 Å². The fourth-order valence-electron chi connectivity index (χ4n) is 2.30. The normalized spacial score (nSPS) is 20.1. The molecule has 1 aliphatic carbocycles. The van der Waals surface area contributed by atoms with Crippen molar-refractivity contribution in [3.63, 3.8) is 0 Å². The van der Waals surface area contributed by atoms with Gasteiger partial charge in [-0.25, -0.2) is 0 Å². The Hall–Kier alpha value is -0.580. The molecular weight excluding hydrogens is 340 g/mol. The quantitative estimate of drug-likeness (QED) is 0.733. The lowest BCUT2D eigenvalue weighted by molar-refractivity contribution is -0.122. The van der Waals surface area contributed by atoms with Gasteiger partial charge in [0, 0.05) is 23.5 Å². The molecule has 1 aromatic rings. The van der Waals surface area contributed by atoms with Crippen molar-refractivity contribution in [1.82, 2.24) is 10.6 Å². The number of rotatable bonds is 7. The molecule has 2 unspecified atom stereocenters. The number of halogens is 2. The van der Waals surface area contributed by atoms with Crippen LogP contribution in [0, 0.1) is 5.92 Å². The number of amides is 1. The number of hydrogen-bond donors (Lipinski definition) is 2. The van der Waals surface area contributed by atoms with Crippen LogP contribution in [0.3, 0.4) is 0 Å². The minimum absolute atomic E-state index is 0. The highest BCUT2D eigenvalue weighted by Crippen LogP contribution is 2.47. The summed E-state index contributed by atoms with van der Waals surface area (Å²) in [5.74, 6) is 0.768. The summed E-state index contributed by atoms with van der Waals surface area (Å²) >= 11 is 3.47. The molecule has 2 N–H and O–H groups in total. The Bertz CT molecular complexity index is 442. The fourth-order valence-corrected chi connectivity index (χ4v) is 2.71. The van der Waals surface area contributed by atoms with Crippen LogP contribution in [0.2, 0.25) is 0 Å². The Balaban J connectivity index is 0.00000200. The van der Waals surface area contributed by atoms with E-state index in [0.29, 0.717) is 5.92 Å². The van der Waals surface area contributed by atoms with Gasteiger partial charge in [0.25, 0.3) is 0 Å². The molecule has 0 aromatic heterocycles. The number of hydrogen-bond acceptors (Lipinski definition) is 2. The van der Waals surface area contributed by atoms with Crippen LogP contribution in [0.4, 0.5) is 0 Å². The molecule has 1 saturated carbocycles. The first-order valence-corrected chi connectivity index (χ1v) is 7.75. The second-order valence-electron chi connectivity index (χ2n) is 5.04. The van der Waals surface area contributed by atoms with Gasteiger partial charge >= 0.3 is 0 Å². The summed E-state index contributed by atoms with van der Waals surface area (Å²) in [6, 6.07) is 8.26. The minimum Gasteiger partial charge on any atom is -0.355 e. The third kappa shape index (κ3) is 5.08. The summed E-state index contributed by atoms with van der Waals surface area (Å²) in [6.07, 6.45) is 2.10. The van der Waals surface area contributed by atoms with Gasteiger partial charge in [0.15, 0.2) is 0 Å². The number of carbonyl (C=O) groups excluding carboxylic acids is 1. The van der Waals surface area contributed by atoms with E-state index in [1.807, 2.05) is 12.1 Å². The van der Waals surface area contributed by atoms with Gasteiger partial charge in [-0.15, -0.1) is 12.4 Å². The zero-order valence-electron chi connectivity index (χ0n) is 11.7. The summed E-state index contributed by atoms with van der Waals surface area (Å²) in [5.41, 5.74) is 1.26. The first-order valence-electron chi connectivity index (χ1n) is 6.96. The van der Waals surface area contributed by atoms with Gasteiger partial charge in [0.05, 0.1) is 0 Å². The van der Waals surface area contributed by atoms with E-state index in [4.69, 9.17) is 0 Å². The molecule has 0 saturated heterocycles. The van der Waals surface area contributed by atoms with E-state index >= 15 is 0 Å². The molecular formula is C15H22BrClN2O. The maximum Gasteiger partial charge on any atom is 0.223 e. The van der Waals surface area contributed by atoms with Crippen LogP contribution in [0.1, 0.15) is 31.2 Å². The predicted molar refractivity (Wildman–Crippen MR) is 88.4 cm³/mol. The van der Waals surface area contributed by atoms with Gasteiger partial charge in [-0.1, -0.05) is 35.0 Å². The number of nitrogens with one attached hydrogen (secondary N) is 2. The summed E-state index contributed by atoms with van der Waals surface area (Å²) in [4.78, 5) is 12.0. The smallest absolute Gasteiger partial charge is 0.223 e. The molecule has 3 nitrogen and oxygen atoms in total. The highest BCUT2D eigenvalue weighted by Gasteiger charge is 2.43. The lowest BCUT2D eigenvalue weighted by Gasteiger charge is -2.06. The molecule has 1 amide bonds. The third-order valence-electron chi connectivity index (χ3n) is 3.43. The van der Waals surface area contributed by atoms with Gasteiger partial charge in [-0.05, 0) is 43.0 Å². The van der Waals surface area contributed by atoms with E-state index in [1.54, 1.807) is 0 Å². The molecule has 2 atom stereocenters. The fraction of sp³-hybridized carbons (Fsp3) is 0.533. The second-order valence-corrected chi connectivity index (χ2v) is 5.96. The molecule has 0 radical (unpaired) electrons. The zero-order chi connectivity index (χ0) is 13.7. The third-order valence-corrected chi connectivity index (χ3v) is 3.93. The Labute approximate surface area is 135 Å². The average Bonchev–Trinajstić information content (AvgIpc) is 3.18. The van der Waals surface area contributed by atoms with Crippen LogP contribution in [0.15, 0.2) is 28.7 Å². The van der Waals surface area contributed by atoms with Crippen LogP contribution in [-0.2, 0) is 4.79 Å². The van der Waals surface area contributed by atoms with E-state index in [-0.39, 0.29) is 24.2 Å². The Morgan fingerprint density at radius 1 is 1.35 bits per heavy atom. The molecule has 20 heavy (non-hydrogen) atoms. The highest BCUT2D eigenvalue weighted by atomic mass is 79.9. The van der Waals surface area contributed by atoms with Crippen LogP contribution >= 0.6 is 28.3 Å². The van der Waals surface area contributed by atoms with Crippen molar-refractivity contribution >= 4 is 34.2 Å². The molecule has 0 bridgehead atoms. The predicted octanol–water partition coefficient (Wildman–Crippen LogP) is 3.09. The lowest BCUT2D eigenvalue weighted by Crippen LogP contribution is -2.33.